The van der Waals surface area contributed by atoms with Gasteiger partial charge in [0.2, 0.25) is 0 Å². The van der Waals surface area contributed by atoms with Crippen LogP contribution >= 0.6 is 11.6 Å². The molecule has 0 amide bonds. The Labute approximate surface area is 182 Å². The minimum absolute atomic E-state index is 0.229. The maximum absolute atomic E-state index is 9.02. The van der Waals surface area contributed by atoms with Crippen LogP contribution in [0, 0.1) is 10.8 Å². The van der Waals surface area contributed by atoms with Gasteiger partial charge >= 0.3 is 0 Å². The van der Waals surface area contributed by atoms with Crippen LogP contribution in [0.3, 0.4) is 0 Å². The predicted molar refractivity (Wildman–Crippen MR) is 125 cm³/mol. The third-order valence-electron chi connectivity index (χ3n) is 4.35. The van der Waals surface area contributed by atoms with E-state index in [0.29, 0.717) is 11.1 Å². The summed E-state index contributed by atoms with van der Waals surface area (Å²) in [6.45, 7) is 7.32. The number of nitrogens with one attached hydrogen (secondary N) is 4. The fourth-order valence-corrected chi connectivity index (χ4v) is 3.09. The van der Waals surface area contributed by atoms with Gasteiger partial charge in [0.25, 0.3) is 0 Å². The highest BCUT2D eigenvalue weighted by atomic mass is 35.5. The van der Waals surface area contributed by atoms with E-state index in [2.05, 4.69) is 29.0 Å². The molecule has 0 saturated heterocycles. The van der Waals surface area contributed by atoms with Crippen LogP contribution in [0.25, 0.3) is 10.9 Å². The average Bonchev–Trinajstić information content (AvgIpc) is 2.66. The van der Waals surface area contributed by atoms with Crippen molar-refractivity contribution in [2.75, 3.05) is 31.6 Å². The van der Waals surface area contributed by atoms with Gasteiger partial charge in [-0.1, -0.05) is 18.5 Å². The number of halogens is 1. The highest BCUT2D eigenvalue weighted by molar-refractivity contribution is 6.31. The van der Waals surface area contributed by atoms with Crippen LogP contribution in [0.1, 0.15) is 26.7 Å². The van der Waals surface area contributed by atoms with Crippen molar-refractivity contribution >= 4 is 40.1 Å². The lowest BCUT2D eigenvalue weighted by molar-refractivity contribution is 0.199. The first-order chi connectivity index (χ1) is 14.3. The average molecular weight is 437 g/mol. The molecule has 0 aliphatic carbocycles. The van der Waals surface area contributed by atoms with Crippen molar-refractivity contribution in [1.82, 2.24) is 15.2 Å². The Bertz CT molecular complexity index is 804. The number of fused-ring (bicyclic) bond motifs is 1. The molecular weight excluding hydrogens is 404 g/mol. The first-order valence-corrected chi connectivity index (χ1v) is 10.2. The van der Waals surface area contributed by atoms with Gasteiger partial charge in [0, 0.05) is 34.9 Å². The van der Waals surface area contributed by atoms with Crippen LogP contribution in [-0.4, -0.2) is 59.2 Å². The standard InChI is InChI=1S/C18H26ClN3O.C2H7N5/c1-3-22(11-12-23)10-4-5-14(2)21-17-8-9-20-18-13-15(19)6-7-16(17)18;3-1(4)7-2(5)6/h6-9,13-14,23H,3-5,10-12H2,1-2H3,(H,20,21);(H7,3,4,5,6,7). The molecule has 1 aromatic carbocycles. The number of pyridine rings is 1. The van der Waals surface area contributed by atoms with Gasteiger partial charge in [-0.3, -0.25) is 21.1 Å². The van der Waals surface area contributed by atoms with Crippen LogP contribution < -0.4 is 22.1 Å². The summed E-state index contributed by atoms with van der Waals surface area (Å²) in [5.74, 6) is -0.625. The van der Waals surface area contributed by atoms with E-state index in [4.69, 9.17) is 39.0 Å². The molecule has 10 heteroatoms. The van der Waals surface area contributed by atoms with Crippen molar-refractivity contribution in [3.05, 3.63) is 35.5 Å². The summed E-state index contributed by atoms with van der Waals surface area (Å²) in [4.78, 5) is 6.65. The number of hydrogen-bond acceptors (Lipinski definition) is 6. The van der Waals surface area contributed by atoms with E-state index in [9.17, 15) is 0 Å². The molecule has 0 radical (unpaired) electrons. The van der Waals surface area contributed by atoms with Crippen LogP contribution in [0.4, 0.5) is 5.69 Å². The van der Waals surface area contributed by atoms with E-state index >= 15 is 0 Å². The molecule has 0 spiro atoms. The zero-order chi connectivity index (χ0) is 22.5. The van der Waals surface area contributed by atoms with Crippen molar-refractivity contribution in [2.24, 2.45) is 11.5 Å². The molecule has 2 aromatic rings. The normalized spacial score (nSPS) is 11.5. The summed E-state index contributed by atoms with van der Waals surface area (Å²) in [5, 5.41) is 29.4. The lowest BCUT2D eigenvalue weighted by Crippen LogP contribution is -2.39. The van der Waals surface area contributed by atoms with Crippen LogP contribution in [0.5, 0.6) is 0 Å². The van der Waals surface area contributed by atoms with Crippen molar-refractivity contribution in [1.29, 1.82) is 10.8 Å². The minimum Gasteiger partial charge on any atom is -0.395 e. The van der Waals surface area contributed by atoms with Gasteiger partial charge in [0.05, 0.1) is 12.1 Å². The molecule has 9 nitrogen and oxygen atoms in total. The summed E-state index contributed by atoms with van der Waals surface area (Å²) >= 11 is 6.03. The number of aromatic nitrogens is 1. The molecule has 0 saturated carbocycles. The van der Waals surface area contributed by atoms with Crippen LogP contribution in [0.15, 0.2) is 30.5 Å². The Morgan fingerprint density at radius 1 is 1.23 bits per heavy atom. The second kappa shape index (κ2) is 13.6. The molecule has 1 unspecified atom stereocenters. The molecule has 1 aromatic heterocycles. The van der Waals surface area contributed by atoms with Crippen LogP contribution in [-0.2, 0) is 0 Å². The third-order valence-corrected chi connectivity index (χ3v) is 4.59. The molecule has 0 fully saturated rings. The van der Waals surface area contributed by atoms with E-state index in [-0.39, 0.29) is 18.5 Å². The number of aliphatic hydroxyl groups is 1. The number of guanidine groups is 2. The number of rotatable bonds is 9. The molecule has 9 N–H and O–H groups in total. The highest BCUT2D eigenvalue weighted by Crippen LogP contribution is 2.25. The van der Waals surface area contributed by atoms with E-state index in [0.717, 1.165) is 49.1 Å². The molecule has 1 atom stereocenters. The largest absolute Gasteiger partial charge is 0.395 e. The summed E-state index contributed by atoms with van der Waals surface area (Å²) in [7, 11) is 0. The second-order valence-electron chi connectivity index (χ2n) is 6.82. The Balaban J connectivity index is 0.000000553. The smallest absolute Gasteiger partial charge is 0.192 e. The number of aliphatic hydroxyl groups excluding tert-OH is 1. The predicted octanol–water partition coefficient (Wildman–Crippen LogP) is 2.15. The lowest BCUT2D eigenvalue weighted by atomic mass is 10.1. The number of anilines is 1. The maximum atomic E-state index is 9.02. The lowest BCUT2D eigenvalue weighted by Gasteiger charge is -2.21. The minimum atomic E-state index is -0.312. The number of nitrogens with zero attached hydrogens (tertiary/aromatic N) is 2. The molecule has 0 aliphatic rings. The van der Waals surface area contributed by atoms with Gasteiger partial charge in [0.15, 0.2) is 11.9 Å². The first kappa shape index (κ1) is 25.4. The topological polar surface area (TPSA) is 160 Å². The van der Waals surface area contributed by atoms with E-state index in [1.54, 1.807) is 0 Å². The van der Waals surface area contributed by atoms with Gasteiger partial charge in [-0.2, -0.15) is 0 Å². The Kier molecular flexibility index (Phi) is 11.5. The summed E-state index contributed by atoms with van der Waals surface area (Å²) < 4.78 is 0. The number of likely N-dealkylation sites (N-methyl/N-ethyl adjacent to an activating group) is 1. The SMILES string of the molecule is CCN(CCO)CCCC(C)Nc1ccnc2cc(Cl)ccc12.N=C(N)NC(=N)N. The Morgan fingerprint density at radius 2 is 1.93 bits per heavy atom. The van der Waals surface area contributed by atoms with Crippen molar-refractivity contribution < 1.29 is 5.11 Å². The zero-order valence-corrected chi connectivity index (χ0v) is 18.3. The maximum Gasteiger partial charge on any atom is 0.192 e. The van der Waals surface area contributed by atoms with Gasteiger partial charge in [0.1, 0.15) is 0 Å². The van der Waals surface area contributed by atoms with Crippen molar-refractivity contribution in [3.8, 4) is 0 Å². The molecule has 0 aliphatic heterocycles. The van der Waals surface area contributed by atoms with E-state index in [1.165, 1.54) is 0 Å². The van der Waals surface area contributed by atoms with Gasteiger partial charge in [-0.05, 0) is 57.1 Å². The van der Waals surface area contributed by atoms with Gasteiger partial charge in [-0.25, -0.2) is 0 Å². The fraction of sp³-hybridized carbons (Fsp3) is 0.450. The van der Waals surface area contributed by atoms with Crippen LogP contribution in [0.2, 0.25) is 5.02 Å². The molecule has 1 heterocycles. The van der Waals surface area contributed by atoms with Crippen molar-refractivity contribution in [2.45, 2.75) is 32.7 Å². The van der Waals surface area contributed by atoms with E-state index < -0.39 is 0 Å². The zero-order valence-electron chi connectivity index (χ0n) is 17.6. The Morgan fingerprint density at radius 3 is 2.50 bits per heavy atom. The molecule has 166 valence electrons. The summed E-state index contributed by atoms with van der Waals surface area (Å²) in [6.07, 6.45) is 4.00. The molecule has 30 heavy (non-hydrogen) atoms. The second-order valence-corrected chi connectivity index (χ2v) is 7.25. The summed E-state index contributed by atoms with van der Waals surface area (Å²) in [6, 6.07) is 8.19. The monoisotopic (exact) mass is 436 g/mol. The molecule has 0 bridgehead atoms. The van der Waals surface area contributed by atoms with Gasteiger partial charge in [-0.15, -0.1) is 0 Å². The fourth-order valence-electron chi connectivity index (χ4n) is 2.92. The van der Waals surface area contributed by atoms with Gasteiger partial charge < -0.3 is 26.8 Å². The number of hydrogen-bond donors (Lipinski definition) is 7. The third kappa shape index (κ3) is 9.73. The van der Waals surface area contributed by atoms with E-state index in [1.807, 2.05) is 35.8 Å². The highest BCUT2D eigenvalue weighted by Gasteiger charge is 2.08. The molecular formula is C20H33ClN8O. The first-order valence-electron chi connectivity index (χ1n) is 9.85. The van der Waals surface area contributed by atoms with Crippen molar-refractivity contribution in [3.63, 3.8) is 0 Å². The molecule has 2 rings (SSSR count). The number of benzene rings is 1. The Hall–Kier alpha value is -2.62. The number of nitrogens with two attached hydrogens (primary N) is 2. The summed E-state index contributed by atoms with van der Waals surface area (Å²) in [5.41, 5.74) is 11.5. The quantitative estimate of drug-likeness (QED) is 0.234.